The second-order valence-corrected chi connectivity index (χ2v) is 8.10. The Morgan fingerprint density at radius 3 is 2.39 bits per heavy atom. The van der Waals surface area contributed by atoms with Crippen LogP contribution >= 0.6 is 0 Å². The van der Waals surface area contributed by atoms with Crippen LogP contribution in [0.1, 0.15) is 37.1 Å². The zero-order chi connectivity index (χ0) is 22.4. The van der Waals surface area contributed by atoms with E-state index in [-0.39, 0.29) is 24.5 Å². The molecule has 0 saturated carbocycles. The van der Waals surface area contributed by atoms with E-state index in [4.69, 9.17) is 14.2 Å². The normalized spacial score (nSPS) is 15.3. The lowest BCUT2D eigenvalue weighted by Gasteiger charge is -2.23. The Hall–Kier alpha value is -2.65. The molecule has 0 aliphatic carbocycles. The molecule has 0 saturated heterocycles. The molecule has 9 heteroatoms. The van der Waals surface area contributed by atoms with Crippen molar-refractivity contribution in [3.8, 4) is 11.5 Å². The number of benzene rings is 1. The van der Waals surface area contributed by atoms with E-state index in [1.807, 2.05) is 18.2 Å². The fourth-order valence-corrected chi connectivity index (χ4v) is 3.87. The van der Waals surface area contributed by atoms with E-state index in [1.54, 1.807) is 14.2 Å². The predicted molar refractivity (Wildman–Crippen MR) is 116 cm³/mol. The van der Waals surface area contributed by atoms with Crippen LogP contribution in [0.3, 0.4) is 0 Å². The van der Waals surface area contributed by atoms with Crippen molar-refractivity contribution in [2.45, 2.75) is 39.4 Å². The number of aromatic nitrogens is 3. The summed E-state index contributed by atoms with van der Waals surface area (Å²) in [4.78, 5) is 14.5. The van der Waals surface area contributed by atoms with Crippen molar-refractivity contribution in [3.05, 3.63) is 35.4 Å². The van der Waals surface area contributed by atoms with E-state index >= 15 is 0 Å². The summed E-state index contributed by atoms with van der Waals surface area (Å²) >= 11 is 0. The molecular weight excluding hydrogens is 398 g/mol. The fourth-order valence-electron chi connectivity index (χ4n) is 3.87. The number of fused-ring (bicyclic) bond motifs is 1. The first-order chi connectivity index (χ1) is 14.9. The second kappa shape index (κ2) is 10.6. The van der Waals surface area contributed by atoms with Crippen molar-refractivity contribution >= 4 is 5.91 Å². The maximum Gasteiger partial charge on any atom is 0.246 e. The highest BCUT2D eigenvalue weighted by atomic mass is 16.5. The Morgan fingerprint density at radius 2 is 1.77 bits per heavy atom. The lowest BCUT2D eigenvalue weighted by Crippen LogP contribution is -2.36. The molecule has 2 heterocycles. The average Bonchev–Trinajstić information content (AvgIpc) is 3.05. The van der Waals surface area contributed by atoms with Crippen molar-refractivity contribution in [1.29, 1.82) is 0 Å². The molecule has 0 bridgehead atoms. The summed E-state index contributed by atoms with van der Waals surface area (Å²) in [6.45, 7) is 7.45. The van der Waals surface area contributed by atoms with Gasteiger partial charge in [0.15, 0.2) is 5.82 Å². The van der Waals surface area contributed by atoms with Gasteiger partial charge >= 0.3 is 0 Å². The number of hydrogen-bond acceptors (Lipinski definition) is 7. The van der Waals surface area contributed by atoms with Crippen LogP contribution in [0.4, 0.5) is 0 Å². The Kier molecular flexibility index (Phi) is 7.86. The number of carbonyl (C=O) groups excluding carboxylic acids is 1. The van der Waals surface area contributed by atoms with Crippen molar-refractivity contribution < 1.29 is 19.0 Å². The SMILES string of the molecule is COCC(=O)N[C@H](c1nnc2n1CCN(Cc1cc(OC)cc(OC)c1)CC2)C(C)C. The van der Waals surface area contributed by atoms with E-state index in [9.17, 15) is 4.79 Å². The van der Waals surface area contributed by atoms with Crippen molar-refractivity contribution in [1.82, 2.24) is 25.0 Å². The molecule has 1 atom stereocenters. The third-order valence-corrected chi connectivity index (χ3v) is 5.50. The molecule has 0 spiro atoms. The number of methoxy groups -OCH3 is 3. The maximum absolute atomic E-state index is 12.1. The average molecular weight is 432 g/mol. The number of amides is 1. The van der Waals surface area contributed by atoms with E-state index in [1.165, 1.54) is 7.11 Å². The molecule has 1 aliphatic rings. The molecule has 3 rings (SSSR count). The Balaban J connectivity index is 1.73. The Labute approximate surface area is 183 Å². The van der Waals surface area contributed by atoms with Gasteiger partial charge in [-0.1, -0.05) is 13.8 Å². The highest BCUT2D eigenvalue weighted by Crippen LogP contribution is 2.25. The van der Waals surface area contributed by atoms with Crippen LogP contribution in [0.2, 0.25) is 0 Å². The summed E-state index contributed by atoms with van der Waals surface area (Å²) < 4.78 is 17.9. The third kappa shape index (κ3) is 5.74. The maximum atomic E-state index is 12.1. The highest BCUT2D eigenvalue weighted by Gasteiger charge is 2.27. The van der Waals surface area contributed by atoms with E-state index in [0.717, 1.165) is 61.3 Å². The molecule has 0 radical (unpaired) electrons. The number of ether oxygens (including phenoxy) is 3. The third-order valence-electron chi connectivity index (χ3n) is 5.50. The van der Waals surface area contributed by atoms with Gasteiger partial charge in [-0.15, -0.1) is 10.2 Å². The highest BCUT2D eigenvalue weighted by molar-refractivity contribution is 5.77. The molecule has 1 aromatic heterocycles. The van der Waals surface area contributed by atoms with Crippen molar-refractivity contribution in [2.75, 3.05) is 41.0 Å². The zero-order valence-electron chi connectivity index (χ0n) is 19.1. The van der Waals surface area contributed by atoms with Crippen LogP contribution in [0.15, 0.2) is 18.2 Å². The quantitative estimate of drug-likeness (QED) is 0.648. The number of nitrogens with zero attached hydrogens (tertiary/aromatic N) is 4. The van der Waals surface area contributed by atoms with Crippen LogP contribution in [0, 0.1) is 5.92 Å². The first-order valence-corrected chi connectivity index (χ1v) is 10.6. The number of nitrogens with one attached hydrogen (secondary N) is 1. The van der Waals surface area contributed by atoms with Crippen LogP contribution in [0.25, 0.3) is 0 Å². The first-order valence-electron chi connectivity index (χ1n) is 10.6. The summed E-state index contributed by atoms with van der Waals surface area (Å²) in [6.07, 6.45) is 0.797. The van der Waals surface area contributed by atoms with Gasteiger partial charge in [-0.05, 0) is 23.6 Å². The fraction of sp³-hybridized carbons (Fsp3) is 0.591. The van der Waals surface area contributed by atoms with Crippen LogP contribution < -0.4 is 14.8 Å². The molecule has 0 unspecified atom stereocenters. The predicted octanol–water partition coefficient (Wildman–Crippen LogP) is 1.81. The van der Waals surface area contributed by atoms with Gasteiger partial charge in [-0.2, -0.15) is 0 Å². The summed E-state index contributed by atoms with van der Waals surface area (Å²) in [7, 11) is 4.84. The van der Waals surface area contributed by atoms with Crippen LogP contribution in [-0.4, -0.2) is 66.6 Å². The monoisotopic (exact) mass is 431 g/mol. The van der Waals surface area contributed by atoms with Crippen LogP contribution in [0.5, 0.6) is 11.5 Å². The summed E-state index contributed by atoms with van der Waals surface area (Å²) in [5.41, 5.74) is 1.14. The van der Waals surface area contributed by atoms with Crippen molar-refractivity contribution in [3.63, 3.8) is 0 Å². The molecule has 9 nitrogen and oxygen atoms in total. The first kappa shape index (κ1) is 23.0. The molecule has 170 valence electrons. The van der Waals surface area contributed by atoms with Gasteiger partial charge in [0, 0.05) is 45.8 Å². The molecule has 31 heavy (non-hydrogen) atoms. The van der Waals surface area contributed by atoms with E-state index in [0.29, 0.717) is 0 Å². The molecule has 0 fully saturated rings. The minimum atomic E-state index is -0.210. The lowest BCUT2D eigenvalue weighted by atomic mass is 10.0. The molecule has 1 aliphatic heterocycles. The van der Waals surface area contributed by atoms with E-state index in [2.05, 4.69) is 38.8 Å². The molecular formula is C22H33N5O4. The number of hydrogen-bond donors (Lipinski definition) is 1. The van der Waals surface area contributed by atoms with Gasteiger partial charge in [0.25, 0.3) is 0 Å². The summed E-state index contributed by atoms with van der Waals surface area (Å²) in [5, 5.41) is 11.9. The van der Waals surface area contributed by atoms with Gasteiger partial charge in [0.2, 0.25) is 5.91 Å². The number of carbonyl (C=O) groups is 1. The molecule has 1 N–H and O–H groups in total. The van der Waals surface area contributed by atoms with Gasteiger partial charge < -0.3 is 24.1 Å². The smallest absolute Gasteiger partial charge is 0.246 e. The Bertz CT molecular complexity index is 861. The molecule has 1 aromatic carbocycles. The largest absolute Gasteiger partial charge is 0.497 e. The zero-order valence-corrected chi connectivity index (χ0v) is 19.1. The van der Waals surface area contributed by atoms with Gasteiger partial charge in [-0.25, -0.2) is 0 Å². The minimum absolute atomic E-state index is 0.0298. The van der Waals surface area contributed by atoms with E-state index < -0.39 is 0 Å². The standard InChI is InChI=1S/C22H33N5O4/c1-15(2)21(23-20(28)14-29-3)22-25-24-19-6-7-26(8-9-27(19)22)13-16-10-17(30-4)12-18(11-16)31-5/h10-12,15,21H,6-9,13-14H2,1-5H3,(H,23,28)/t21-/m0/s1. The topological polar surface area (TPSA) is 90.7 Å². The van der Waals surface area contributed by atoms with Gasteiger partial charge in [0.1, 0.15) is 23.9 Å². The van der Waals surface area contributed by atoms with Gasteiger partial charge in [0.05, 0.1) is 20.3 Å². The van der Waals surface area contributed by atoms with Crippen LogP contribution in [-0.2, 0) is 29.0 Å². The lowest BCUT2D eigenvalue weighted by molar-refractivity contribution is -0.125. The number of rotatable bonds is 9. The summed E-state index contributed by atoms with van der Waals surface area (Å²) in [6, 6.07) is 5.75. The summed E-state index contributed by atoms with van der Waals surface area (Å²) in [5.74, 6) is 3.36. The minimum Gasteiger partial charge on any atom is -0.497 e. The van der Waals surface area contributed by atoms with Crippen molar-refractivity contribution in [2.24, 2.45) is 5.92 Å². The van der Waals surface area contributed by atoms with Gasteiger partial charge in [-0.3, -0.25) is 9.69 Å². The second-order valence-electron chi connectivity index (χ2n) is 8.10. The molecule has 1 amide bonds. The Morgan fingerprint density at radius 1 is 1.06 bits per heavy atom. The molecule has 2 aromatic rings.